The molecular weight excluding hydrogens is 298 g/mol. The van der Waals surface area contributed by atoms with Gasteiger partial charge in [-0.1, -0.05) is 29.8 Å². The van der Waals surface area contributed by atoms with Gasteiger partial charge in [0.05, 0.1) is 5.75 Å². The van der Waals surface area contributed by atoms with Gasteiger partial charge < -0.3 is 10.0 Å². The maximum atomic E-state index is 11.9. The average Bonchev–Trinajstić information content (AvgIpc) is 2.40. The minimum Gasteiger partial charge on any atom is -0.480 e. The van der Waals surface area contributed by atoms with Crippen LogP contribution in [-0.4, -0.2) is 40.7 Å². The zero-order chi connectivity index (χ0) is 15.0. The molecule has 0 saturated heterocycles. The van der Waals surface area contributed by atoms with Gasteiger partial charge in [-0.05, 0) is 17.7 Å². The Bertz CT molecular complexity index is 476. The van der Waals surface area contributed by atoms with E-state index in [1.54, 1.807) is 12.1 Å². The summed E-state index contributed by atoms with van der Waals surface area (Å²) in [6.07, 6.45) is 1.52. The molecule has 0 spiro atoms. The summed E-state index contributed by atoms with van der Waals surface area (Å²) in [6.45, 7) is 3.46. The van der Waals surface area contributed by atoms with Gasteiger partial charge in [0, 0.05) is 17.3 Å². The van der Waals surface area contributed by atoms with Gasteiger partial charge >= 0.3 is 5.97 Å². The molecule has 0 aliphatic heterocycles. The molecule has 0 aliphatic rings. The molecule has 0 aliphatic carbocycles. The molecule has 108 valence electrons. The number of thioether (sulfide) groups is 1. The molecule has 0 radical (unpaired) electrons. The number of benzene rings is 1. The molecule has 1 rings (SSSR count). The van der Waals surface area contributed by atoms with Crippen LogP contribution in [0.3, 0.4) is 0 Å². The SMILES string of the molecule is C=CCN(CC(=O)O)C(=O)CSCc1ccc(Cl)cc1. The van der Waals surface area contributed by atoms with Crippen LogP contribution in [0.15, 0.2) is 36.9 Å². The molecule has 0 fully saturated rings. The van der Waals surface area contributed by atoms with Crippen LogP contribution >= 0.6 is 23.4 Å². The van der Waals surface area contributed by atoms with Crippen molar-refractivity contribution in [3.05, 3.63) is 47.5 Å². The van der Waals surface area contributed by atoms with Crippen LogP contribution in [0.1, 0.15) is 5.56 Å². The van der Waals surface area contributed by atoms with Gasteiger partial charge in [-0.25, -0.2) is 0 Å². The second-order valence-corrected chi connectivity index (χ2v) is 5.50. The fourth-order valence-corrected chi connectivity index (χ4v) is 2.52. The fourth-order valence-electron chi connectivity index (χ4n) is 1.50. The van der Waals surface area contributed by atoms with Crippen molar-refractivity contribution in [2.75, 3.05) is 18.8 Å². The Morgan fingerprint density at radius 3 is 2.55 bits per heavy atom. The highest BCUT2D eigenvalue weighted by atomic mass is 35.5. The predicted molar refractivity (Wildman–Crippen MR) is 82.0 cm³/mol. The lowest BCUT2D eigenvalue weighted by molar-refractivity contribution is -0.143. The minimum atomic E-state index is -1.03. The summed E-state index contributed by atoms with van der Waals surface area (Å²) in [5.74, 6) is -0.309. The summed E-state index contributed by atoms with van der Waals surface area (Å²) in [7, 11) is 0. The van der Waals surface area contributed by atoms with Gasteiger partial charge in [-0.2, -0.15) is 0 Å². The van der Waals surface area contributed by atoms with Crippen LogP contribution in [-0.2, 0) is 15.3 Å². The molecule has 0 atom stereocenters. The van der Waals surface area contributed by atoms with Crippen molar-refractivity contribution in [1.82, 2.24) is 4.90 Å². The van der Waals surface area contributed by atoms with Crippen LogP contribution in [0.5, 0.6) is 0 Å². The first-order valence-electron chi connectivity index (χ1n) is 5.95. The van der Waals surface area contributed by atoms with E-state index in [4.69, 9.17) is 16.7 Å². The molecule has 0 unspecified atom stereocenters. The lowest BCUT2D eigenvalue weighted by atomic mass is 10.2. The van der Waals surface area contributed by atoms with Gasteiger partial charge in [0.25, 0.3) is 0 Å². The van der Waals surface area contributed by atoms with Crippen molar-refractivity contribution in [3.8, 4) is 0 Å². The van der Waals surface area contributed by atoms with Gasteiger partial charge in [-0.3, -0.25) is 9.59 Å². The van der Waals surface area contributed by atoms with E-state index < -0.39 is 5.97 Å². The second-order valence-electron chi connectivity index (χ2n) is 4.08. The standard InChI is InChI=1S/C14H16ClNO3S/c1-2-7-16(8-14(18)19)13(17)10-20-9-11-3-5-12(15)6-4-11/h2-6H,1,7-10H2,(H,18,19). The van der Waals surface area contributed by atoms with E-state index in [0.29, 0.717) is 10.8 Å². The number of rotatable bonds is 8. The molecule has 1 N–H and O–H groups in total. The van der Waals surface area contributed by atoms with Gasteiger partial charge in [0.15, 0.2) is 0 Å². The van der Waals surface area contributed by atoms with E-state index in [2.05, 4.69) is 6.58 Å². The third kappa shape index (κ3) is 6.12. The van der Waals surface area contributed by atoms with Gasteiger partial charge in [-0.15, -0.1) is 18.3 Å². The van der Waals surface area contributed by atoms with E-state index >= 15 is 0 Å². The van der Waals surface area contributed by atoms with E-state index in [9.17, 15) is 9.59 Å². The van der Waals surface area contributed by atoms with Gasteiger partial charge in [0.2, 0.25) is 5.91 Å². The molecular formula is C14H16ClNO3S. The number of hydrogen-bond donors (Lipinski definition) is 1. The van der Waals surface area contributed by atoms with E-state index in [1.807, 2.05) is 12.1 Å². The molecule has 0 saturated carbocycles. The molecule has 0 aromatic heterocycles. The number of nitrogens with zero attached hydrogens (tertiary/aromatic N) is 1. The van der Waals surface area contributed by atoms with Crippen LogP contribution in [0, 0.1) is 0 Å². The lowest BCUT2D eigenvalue weighted by Gasteiger charge is -2.18. The number of amides is 1. The van der Waals surface area contributed by atoms with Crippen LogP contribution < -0.4 is 0 Å². The summed E-state index contributed by atoms with van der Waals surface area (Å²) < 4.78 is 0. The minimum absolute atomic E-state index is 0.203. The summed E-state index contributed by atoms with van der Waals surface area (Å²) >= 11 is 7.23. The summed E-state index contributed by atoms with van der Waals surface area (Å²) in [5.41, 5.74) is 1.07. The molecule has 0 bridgehead atoms. The predicted octanol–water partition coefficient (Wildman–Crippen LogP) is 2.67. The van der Waals surface area contributed by atoms with E-state index in [1.165, 1.54) is 22.7 Å². The highest BCUT2D eigenvalue weighted by molar-refractivity contribution is 7.99. The second kappa shape index (κ2) is 8.66. The number of carboxylic acid groups (broad SMARTS) is 1. The smallest absolute Gasteiger partial charge is 0.323 e. The fraction of sp³-hybridized carbons (Fsp3) is 0.286. The van der Waals surface area contributed by atoms with Crippen molar-refractivity contribution >= 4 is 35.2 Å². The summed E-state index contributed by atoms with van der Waals surface area (Å²) in [4.78, 5) is 23.8. The number of hydrogen-bond acceptors (Lipinski definition) is 3. The van der Waals surface area contributed by atoms with Crippen molar-refractivity contribution in [1.29, 1.82) is 0 Å². The number of carboxylic acids is 1. The molecule has 0 heterocycles. The van der Waals surface area contributed by atoms with Crippen molar-refractivity contribution in [2.45, 2.75) is 5.75 Å². The quantitative estimate of drug-likeness (QED) is 0.750. The van der Waals surface area contributed by atoms with Crippen molar-refractivity contribution in [2.24, 2.45) is 0 Å². The van der Waals surface area contributed by atoms with Crippen LogP contribution in [0.2, 0.25) is 5.02 Å². The highest BCUT2D eigenvalue weighted by Gasteiger charge is 2.15. The molecule has 1 aromatic carbocycles. The normalized spacial score (nSPS) is 10.1. The number of carbonyl (C=O) groups excluding carboxylic acids is 1. The molecule has 4 nitrogen and oxygen atoms in total. The molecule has 1 aromatic rings. The molecule has 20 heavy (non-hydrogen) atoms. The number of aliphatic carboxylic acids is 1. The Labute approximate surface area is 127 Å². The number of carbonyl (C=O) groups is 2. The Hall–Kier alpha value is -1.46. The van der Waals surface area contributed by atoms with Gasteiger partial charge in [0.1, 0.15) is 6.54 Å². The topological polar surface area (TPSA) is 57.6 Å². The zero-order valence-electron chi connectivity index (χ0n) is 10.9. The highest BCUT2D eigenvalue weighted by Crippen LogP contribution is 2.15. The third-order valence-corrected chi connectivity index (χ3v) is 3.68. The maximum Gasteiger partial charge on any atom is 0.323 e. The maximum absolute atomic E-state index is 11.9. The first-order valence-corrected chi connectivity index (χ1v) is 7.49. The number of halogens is 1. The van der Waals surface area contributed by atoms with Crippen molar-refractivity contribution in [3.63, 3.8) is 0 Å². The Morgan fingerprint density at radius 1 is 1.35 bits per heavy atom. The summed E-state index contributed by atoms with van der Waals surface area (Å²) in [6, 6.07) is 7.40. The van der Waals surface area contributed by atoms with Crippen LogP contribution in [0.25, 0.3) is 0 Å². The van der Waals surface area contributed by atoms with Crippen LogP contribution in [0.4, 0.5) is 0 Å². The molecule has 6 heteroatoms. The molecule has 1 amide bonds. The first-order chi connectivity index (χ1) is 9.52. The monoisotopic (exact) mass is 313 g/mol. The lowest BCUT2D eigenvalue weighted by Crippen LogP contribution is -2.36. The third-order valence-electron chi connectivity index (χ3n) is 2.44. The first kappa shape index (κ1) is 16.6. The Kier molecular flexibility index (Phi) is 7.18. The van der Waals surface area contributed by atoms with Crippen molar-refractivity contribution < 1.29 is 14.7 Å². The Balaban J connectivity index is 2.42. The van der Waals surface area contributed by atoms with E-state index in [0.717, 1.165) is 5.56 Å². The Morgan fingerprint density at radius 2 is 2.00 bits per heavy atom. The van der Waals surface area contributed by atoms with E-state index in [-0.39, 0.29) is 24.7 Å². The summed E-state index contributed by atoms with van der Waals surface area (Å²) in [5, 5.41) is 9.42. The average molecular weight is 314 g/mol. The largest absolute Gasteiger partial charge is 0.480 e. The zero-order valence-corrected chi connectivity index (χ0v) is 12.5.